The van der Waals surface area contributed by atoms with Gasteiger partial charge in [-0.25, -0.2) is 4.98 Å². The summed E-state index contributed by atoms with van der Waals surface area (Å²) in [4.78, 5) is 24.0. The van der Waals surface area contributed by atoms with E-state index in [0.29, 0.717) is 11.6 Å². The molecule has 29 heavy (non-hydrogen) atoms. The van der Waals surface area contributed by atoms with E-state index in [0.717, 1.165) is 44.1 Å². The number of fused-ring (bicyclic) bond motifs is 1. The molecule has 1 aliphatic carbocycles. The molecule has 1 amide bonds. The van der Waals surface area contributed by atoms with E-state index in [-0.39, 0.29) is 5.91 Å². The zero-order valence-electron chi connectivity index (χ0n) is 17.6. The van der Waals surface area contributed by atoms with Crippen LogP contribution in [0.1, 0.15) is 69.8 Å². The average Bonchev–Trinajstić information content (AvgIpc) is 3.19. The summed E-state index contributed by atoms with van der Waals surface area (Å²) in [6.45, 7) is 5.97. The zero-order valence-corrected chi connectivity index (χ0v) is 18.4. The lowest BCUT2D eigenvalue weighted by molar-refractivity contribution is 0.0706. The van der Waals surface area contributed by atoms with E-state index in [2.05, 4.69) is 10.00 Å². The van der Waals surface area contributed by atoms with Crippen molar-refractivity contribution in [2.45, 2.75) is 63.8 Å². The molecule has 5 rings (SSSR count). The first kappa shape index (κ1) is 19.2. The normalized spacial score (nSPS) is 21.7. The fourth-order valence-corrected chi connectivity index (χ4v) is 6.12. The van der Waals surface area contributed by atoms with Gasteiger partial charge in [0.25, 0.3) is 5.91 Å². The molecule has 0 atom stereocenters. The number of aromatic nitrogens is 3. The predicted octanol–water partition coefficient (Wildman–Crippen LogP) is 3.16. The van der Waals surface area contributed by atoms with Crippen LogP contribution in [-0.4, -0.2) is 62.7 Å². The van der Waals surface area contributed by atoms with Gasteiger partial charge in [-0.15, -0.1) is 11.3 Å². The topological polar surface area (TPSA) is 54.3 Å². The molecule has 0 radical (unpaired) electrons. The van der Waals surface area contributed by atoms with Gasteiger partial charge in [0.2, 0.25) is 0 Å². The quantitative estimate of drug-likeness (QED) is 0.776. The zero-order chi connectivity index (χ0) is 20.0. The molecule has 0 spiro atoms. The molecule has 0 bridgehead atoms. The van der Waals surface area contributed by atoms with E-state index in [1.807, 2.05) is 36.3 Å². The van der Waals surface area contributed by atoms with E-state index in [1.54, 1.807) is 4.68 Å². The Morgan fingerprint density at radius 3 is 2.52 bits per heavy atom. The van der Waals surface area contributed by atoms with Crippen LogP contribution < -0.4 is 0 Å². The Morgan fingerprint density at radius 2 is 1.86 bits per heavy atom. The summed E-state index contributed by atoms with van der Waals surface area (Å²) in [5.74, 6) is 0.572. The minimum Gasteiger partial charge on any atom is -0.337 e. The summed E-state index contributed by atoms with van der Waals surface area (Å²) in [5, 5.41) is 5.67. The van der Waals surface area contributed by atoms with E-state index in [1.165, 1.54) is 54.4 Å². The van der Waals surface area contributed by atoms with Gasteiger partial charge in [-0.3, -0.25) is 14.4 Å². The molecule has 1 saturated carbocycles. The minimum absolute atomic E-state index is 0.0677. The number of likely N-dealkylation sites (tertiary alicyclic amines) is 1. The Bertz CT molecular complexity index is 846. The first-order valence-electron chi connectivity index (χ1n) is 11.1. The molecule has 2 fully saturated rings. The average molecular weight is 414 g/mol. The second-order valence-electron chi connectivity index (χ2n) is 8.90. The van der Waals surface area contributed by atoms with Gasteiger partial charge in [0.15, 0.2) is 5.69 Å². The number of nitrogens with zero attached hydrogens (tertiary/aromatic N) is 5. The van der Waals surface area contributed by atoms with Gasteiger partial charge in [-0.2, -0.15) is 5.10 Å². The van der Waals surface area contributed by atoms with Gasteiger partial charge in [0, 0.05) is 62.2 Å². The number of thiazole rings is 1. The molecule has 3 aliphatic rings. The van der Waals surface area contributed by atoms with E-state index < -0.39 is 0 Å². The third kappa shape index (κ3) is 3.75. The summed E-state index contributed by atoms with van der Waals surface area (Å²) in [5.41, 5.74) is 2.94. The van der Waals surface area contributed by atoms with Gasteiger partial charge in [-0.05, 0) is 45.1 Å². The number of carbonyl (C=O) groups excluding carboxylic acids is 1. The van der Waals surface area contributed by atoms with Crippen molar-refractivity contribution < 1.29 is 4.79 Å². The number of hydrogen-bond acceptors (Lipinski definition) is 5. The Hall–Kier alpha value is -1.73. The number of piperidine rings is 1. The lowest BCUT2D eigenvalue weighted by atomic mass is 9.91. The first-order valence-corrected chi connectivity index (χ1v) is 11.9. The van der Waals surface area contributed by atoms with Crippen LogP contribution in [0.2, 0.25) is 0 Å². The highest BCUT2D eigenvalue weighted by Crippen LogP contribution is 2.35. The van der Waals surface area contributed by atoms with E-state index in [4.69, 9.17) is 4.98 Å². The van der Waals surface area contributed by atoms with Crippen molar-refractivity contribution in [3.8, 4) is 0 Å². The summed E-state index contributed by atoms with van der Waals surface area (Å²) in [6.07, 6.45) is 8.49. The van der Waals surface area contributed by atoms with E-state index >= 15 is 0 Å². The Labute approximate surface area is 176 Å². The smallest absolute Gasteiger partial charge is 0.274 e. The van der Waals surface area contributed by atoms with Crippen LogP contribution in [0.15, 0.2) is 6.07 Å². The Kier molecular flexibility index (Phi) is 5.20. The highest BCUT2D eigenvalue weighted by molar-refractivity contribution is 7.11. The highest BCUT2D eigenvalue weighted by atomic mass is 32.1. The summed E-state index contributed by atoms with van der Waals surface area (Å²) in [7, 11) is 1.89. The predicted molar refractivity (Wildman–Crippen MR) is 115 cm³/mol. The van der Waals surface area contributed by atoms with Gasteiger partial charge >= 0.3 is 0 Å². The minimum atomic E-state index is 0.0677. The van der Waals surface area contributed by atoms with Gasteiger partial charge in [0.1, 0.15) is 0 Å². The molecule has 2 aliphatic heterocycles. The second kappa shape index (κ2) is 7.84. The fourth-order valence-electron chi connectivity index (χ4n) is 4.85. The van der Waals surface area contributed by atoms with Crippen LogP contribution in [0.3, 0.4) is 0 Å². The van der Waals surface area contributed by atoms with Crippen LogP contribution in [0.5, 0.6) is 0 Å². The van der Waals surface area contributed by atoms with Crippen molar-refractivity contribution in [2.24, 2.45) is 7.05 Å². The third-order valence-corrected chi connectivity index (χ3v) is 8.43. The second-order valence-corrected chi connectivity index (χ2v) is 10.0. The van der Waals surface area contributed by atoms with Crippen molar-refractivity contribution in [1.82, 2.24) is 24.6 Å². The standard InChI is InChI=1S/C22H31N5OS/c1-15-14-19(24-25(15)2)22(28)27-10-6-16(7-11-27)21-23-18-8-12-26(17-4-3-5-17)13-9-20(18)29-21/h14,16-17H,3-13H2,1-2H3. The molecule has 0 aromatic carbocycles. The highest BCUT2D eigenvalue weighted by Gasteiger charge is 2.30. The van der Waals surface area contributed by atoms with Gasteiger partial charge < -0.3 is 4.90 Å². The van der Waals surface area contributed by atoms with Crippen molar-refractivity contribution in [3.05, 3.63) is 33.0 Å². The van der Waals surface area contributed by atoms with Crippen LogP contribution >= 0.6 is 11.3 Å². The largest absolute Gasteiger partial charge is 0.337 e. The van der Waals surface area contributed by atoms with Crippen molar-refractivity contribution in [2.75, 3.05) is 26.2 Å². The van der Waals surface area contributed by atoms with Crippen LogP contribution in [0, 0.1) is 6.92 Å². The molecular formula is C22H31N5OS. The maximum atomic E-state index is 12.8. The molecule has 6 nitrogen and oxygen atoms in total. The number of aryl methyl sites for hydroxylation is 2. The van der Waals surface area contributed by atoms with Crippen LogP contribution in [0.4, 0.5) is 0 Å². The molecule has 4 heterocycles. The first-order chi connectivity index (χ1) is 14.1. The SMILES string of the molecule is Cc1cc(C(=O)N2CCC(c3nc4c(s3)CCN(C3CCC3)CC4)CC2)nn1C. The van der Waals surface area contributed by atoms with Gasteiger partial charge in [-0.1, -0.05) is 6.42 Å². The molecule has 0 N–H and O–H groups in total. The molecule has 2 aromatic heterocycles. The van der Waals surface area contributed by atoms with Crippen molar-refractivity contribution in [3.63, 3.8) is 0 Å². The number of amides is 1. The number of rotatable bonds is 3. The molecular weight excluding hydrogens is 382 g/mol. The number of carbonyl (C=O) groups is 1. The van der Waals surface area contributed by atoms with Crippen molar-refractivity contribution >= 4 is 17.2 Å². The van der Waals surface area contributed by atoms with Crippen LogP contribution in [0.25, 0.3) is 0 Å². The number of hydrogen-bond donors (Lipinski definition) is 0. The summed E-state index contributed by atoms with van der Waals surface area (Å²) in [6, 6.07) is 2.73. The lowest BCUT2D eigenvalue weighted by Gasteiger charge is -2.36. The molecule has 2 aromatic rings. The van der Waals surface area contributed by atoms with Gasteiger partial charge in [0.05, 0.1) is 10.7 Å². The molecule has 1 saturated heterocycles. The monoisotopic (exact) mass is 413 g/mol. The molecule has 7 heteroatoms. The third-order valence-electron chi connectivity index (χ3n) is 7.11. The molecule has 156 valence electrons. The summed E-state index contributed by atoms with van der Waals surface area (Å²) < 4.78 is 1.77. The van der Waals surface area contributed by atoms with E-state index in [9.17, 15) is 4.79 Å². The van der Waals surface area contributed by atoms with Crippen molar-refractivity contribution in [1.29, 1.82) is 0 Å². The lowest BCUT2D eigenvalue weighted by Crippen LogP contribution is -2.41. The maximum absolute atomic E-state index is 12.8. The van der Waals surface area contributed by atoms with Crippen LogP contribution in [-0.2, 0) is 19.9 Å². The summed E-state index contributed by atoms with van der Waals surface area (Å²) >= 11 is 1.95. The molecule has 0 unspecified atom stereocenters. The maximum Gasteiger partial charge on any atom is 0.274 e. The fraction of sp³-hybridized carbons (Fsp3) is 0.682. The Balaban J connectivity index is 1.19. The Morgan fingerprint density at radius 1 is 1.10 bits per heavy atom.